The maximum absolute atomic E-state index is 13.0. The summed E-state index contributed by atoms with van der Waals surface area (Å²) in [6.07, 6.45) is 4.53. The van der Waals surface area contributed by atoms with Crippen LogP contribution in [0.1, 0.15) is 5.56 Å². The number of hydrazine groups is 1. The van der Waals surface area contributed by atoms with Gasteiger partial charge < -0.3 is 5.73 Å². The van der Waals surface area contributed by atoms with Crippen molar-refractivity contribution in [3.05, 3.63) is 47.7 Å². The van der Waals surface area contributed by atoms with Gasteiger partial charge in [-0.1, -0.05) is 18.1 Å². The van der Waals surface area contributed by atoms with E-state index in [9.17, 15) is 13.2 Å². The predicted molar refractivity (Wildman–Crippen MR) is 77.2 cm³/mol. The van der Waals surface area contributed by atoms with Crippen LogP contribution in [0.5, 0.6) is 0 Å². The van der Waals surface area contributed by atoms with Crippen molar-refractivity contribution in [3.8, 4) is 12.3 Å². The molecule has 1 aromatic rings. The number of terminal acetylenes is 1. The van der Waals surface area contributed by atoms with E-state index in [0.29, 0.717) is 23.5 Å². The molecule has 0 fully saturated rings. The molecule has 6 heteroatoms. The van der Waals surface area contributed by atoms with E-state index in [1.165, 1.54) is 11.1 Å². The van der Waals surface area contributed by atoms with Crippen LogP contribution >= 0.6 is 0 Å². The number of hydrogen-bond acceptors (Lipinski definition) is 3. The Balaban J connectivity index is 2.53. The summed E-state index contributed by atoms with van der Waals surface area (Å²) < 4.78 is 38.9. The van der Waals surface area contributed by atoms with Crippen molar-refractivity contribution in [1.82, 2.24) is 5.01 Å². The number of nitrogens with zero attached hydrogens (tertiary/aromatic N) is 2. The zero-order chi connectivity index (χ0) is 15.6. The van der Waals surface area contributed by atoms with Crippen molar-refractivity contribution in [2.75, 3.05) is 24.3 Å². The van der Waals surface area contributed by atoms with Crippen molar-refractivity contribution in [1.29, 1.82) is 0 Å². The molecule has 0 aliphatic carbocycles. The quantitative estimate of drug-likeness (QED) is 0.638. The second-order valence-corrected chi connectivity index (χ2v) is 4.59. The zero-order valence-corrected chi connectivity index (χ0v) is 11.4. The van der Waals surface area contributed by atoms with Crippen LogP contribution in [0.15, 0.2) is 42.1 Å². The molecule has 1 aliphatic heterocycles. The molecule has 1 heterocycles. The summed E-state index contributed by atoms with van der Waals surface area (Å²) >= 11 is 0. The molecule has 2 N–H and O–H groups in total. The minimum atomic E-state index is -4.43. The Morgan fingerprint density at radius 1 is 1.33 bits per heavy atom. The lowest BCUT2D eigenvalue weighted by Gasteiger charge is -2.30. The van der Waals surface area contributed by atoms with Gasteiger partial charge in [0.2, 0.25) is 0 Å². The maximum atomic E-state index is 13.0. The van der Waals surface area contributed by atoms with Crippen LogP contribution < -0.4 is 10.7 Å². The molecule has 2 rings (SSSR count). The van der Waals surface area contributed by atoms with E-state index in [0.717, 1.165) is 12.3 Å². The first-order valence-electron chi connectivity index (χ1n) is 6.15. The highest BCUT2D eigenvalue weighted by Gasteiger charge is 2.34. The second kappa shape index (κ2) is 5.54. The number of allylic oxidation sites excluding steroid dienone is 2. The van der Waals surface area contributed by atoms with Crippen LogP contribution in [-0.4, -0.2) is 24.8 Å². The molecular formula is C15H14F3N3. The number of anilines is 2. The highest BCUT2D eigenvalue weighted by Crippen LogP contribution is 2.31. The molecule has 0 radical (unpaired) electrons. The van der Waals surface area contributed by atoms with Crippen LogP contribution in [0, 0.1) is 12.3 Å². The normalized spacial score (nSPS) is 16.3. The van der Waals surface area contributed by atoms with Gasteiger partial charge in [0, 0.05) is 25.5 Å². The smallest absolute Gasteiger partial charge is 0.399 e. The van der Waals surface area contributed by atoms with Crippen molar-refractivity contribution < 1.29 is 13.2 Å². The molecule has 1 aromatic carbocycles. The lowest BCUT2D eigenvalue weighted by molar-refractivity contribution is -0.0884. The largest absolute Gasteiger partial charge is 0.417 e. The lowest BCUT2D eigenvalue weighted by atomic mass is 10.1. The van der Waals surface area contributed by atoms with Crippen molar-refractivity contribution in [3.63, 3.8) is 0 Å². The van der Waals surface area contributed by atoms with Gasteiger partial charge >= 0.3 is 6.18 Å². The van der Waals surface area contributed by atoms with E-state index in [-0.39, 0.29) is 0 Å². The molecule has 0 atom stereocenters. The fourth-order valence-electron chi connectivity index (χ4n) is 1.98. The number of alkyl halides is 3. The van der Waals surface area contributed by atoms with Crippen molar-refractivity contribution in [2.45, 2.75) is 6.18 Å². The molecule has 0 aromatic heterocycles. The third-order valence-corrected chi connectivity index (χ3v) is 3.05. The number of benzene rings is 1. The molecule has 21 heavy (non-hydrogen) atoms. The average molecular weight is 293 g/mol. The number of likely N-dealkylation sites (N-methyl/N-ethyl adjacent to an activating group) is 1. The Bertz CT molecular complexity index is 639. The van der Waals surface area contributed by atoms with Crippen LogP contribution in [0.25, 0.3) is 0 Å². The highest BCUT2D eigenvalue weighted by molar-refractivity contribution is 5.66. The molecule has 1 aliphatic rings. The first kappa shape index (κ1) is 15.0. The van der Waals surface area contributed by atoms with Gasteiger partial charge in [-0.15, -0.1) is 6.42 Å². The molecular weight excluding hydrogens is 279 g/mol. The monoisotopic (exact) mass is 293 g/mol. The Morgan fingerprint density at radius 3 is 2.67 bits per heavy atom. The summed E-state index contributed by atoms with van der Waals surface area (Å²) in [5.41, 5.74) is 6.28. The van der Waals surface area contributed by atoms with Crippen LogP contribution in [0.4, 0.5) is 24.5 Å². The number of rotatable bonds is 1. The zero-order valence-electron chi connectivity index (χ0n) is 11.4. The number of halogens is 3. The van der Waals surface area contributed by atoms with Crippen LogP contribution in [-0.2, 0) is 0 Å². The molecule has 0 bridgehead atoms. The van der Waals surface area contributed by atoms with Crippen molar-refractivity contribution in [2.24, 2.45) is 0 Å². The third-order valence-electron chi connectivity index (χ3n) is 3.05. The van der Waals surface area contributed by atoms with Gasteiger partial charge in [-0.3, -0.25) is 5.01 Å². The van der Waals surface area contributed by atoms with E-state index >= 15 is 0 Å². The molecule has 0 saturated carbocycles. The summed E-state index contributed by atoms with van der Waals surface area (Å²) in [5.74, 6) is 2.45. The molecule has 110 valence electrons. The number of nitrogen functional groups attached to an aromatic ring is 1. The second-order valence-electron chi connectivity index (χ2n) is 4.59. The SMILES string of the molecule is C#Cc1cc(N)ccc1N1C=C(C(F)(F)F)C=CCN1C. The van der Waals surface area contributed by atoms with Gasteiger partial charge in [0.25, 0.3) is 0 Å². The lowest BCUT2D eigenvalue weighted by Crippen LogP contribution is -2.36. The molecule has 3 nitrogen and oxygen atoms in total. The number of nitrogens with two attached hydrogens (primary N) is 1. The fourth-order valence-corrected chi connectivity index (χ4v) is 1.98. The first-order chi connectivity index (χ1) is 9.82. The fraction of sp³-hybridized carbons (Fsp3) is 0.200. The minimum absolute atomic E-state index is 0.324. The van der Waals surface area contributed by atoms with E-state index in [2.05, 4.69) is 5.92 Å². The molecule has 0 amide bonds. The summed E-state index contributed by atoms with van der Waals surface area (Å²) in [6, 6.07) is 4.77. The first-order valence-corrected chi connectivity index (χ1v) is 6.15. The Morgan fingerprint density at radius 2 is 2.05 bits per heavy atom. The molecule has 0 saturated heterocycles. The van der Waals surface area contributed by atoms with E-state index in [1.807, 2.05) is 0 Å². The van der Waals surface area contributed by atoms with E-state index in [1.54, 1.807) is 30.3 Å². The Labute approximate surface area is 121 Å². The summed E-state index contributed by atoms with van der Waals surface area (Å²) in [7, 11) is 1.68. The van der Waals surface area contributed by atoms with Gasteiger partial charge in [-0.2, -0.15) is 13.2 Å². The summed E-state index contributed by atoms with van der Waals surface area (Å²) in [5, 5.41) is 3.01. The van der Waals surface area contributed by atoms with Gasteiger partial charge in [0.1, 0.15) is 0 Å². The van der Waals surface area contributed by atoms with Crippen molar-refractivity contribution >= 4 is 11.4 Å². The van der Waals surface area contributed by atoms with E-state index < -0.39 is 11.7 Å². The topological polar surface area (TPSA) is 32.5 Å². The molecule has 0 spiro atoms. The van der Waals surface area contributed by atoms with E-state index in [4.69, 9.17) is 12.2 Å². The van der Waals surface area contributed by atoms with Gasteiger partial charge in [-0.05, 0) is 18.2 Å². The van der Waals surface area contributed by atoms with Gasteiger partial charge in [0.15, 0.2) is 0 Å². The standard InChI is InChI=1S/C15H14F3N3/c1-3-11-9-13(19)6-7-14(11)21-10-12(15(16,17)18)5-4-8-20(21)2/h1,4-7,9-10H,8,19H2,2H3. The van der Waals surface area contributed by atoms with Gasteiger partial charge in [-0.25, -0.2) is 5.01 Å². The Hall–Kier alpha value is -2.39. The van der Waals surface area contributed by atoms with Gasteiger partial charge in [0.05, 0.1) is 16.8 Å². The molecule has 0 unspecified atom stereocenters. The summed E-state index contributed by atoms with van der Waals surface area (Å²) in [6.45, 7) is 0.324. The highest BCUT2D eigenvalue weighted by atomic mass is 19.4. The third kappa shape index (κ3) is 3.20. The maximum Gasteiger partial charge on any atom is 0.417 e. The average Bonchev–Trinajstić information content (AvgIpc) is 2.60. The Kier molecular flexibility index (Phi) is 3.96. The number of hydrogen-bond donors (Lipinski definition) is 1. The summed E-state index contributed by atoms with van der Waals surface area (Å²) in [4.78, 5) is 0. The minimum Gasteiger partial charge on any atom is -0.399 e. The van der Waals surface area contributed by atoms with Crippen LogP contribution in [0.2, 0.25) is 0 Å². The predicted octanol–water partition coefficient (Wildman–Crippen LogP) is 2.92. The van der Waals surface area contributed by atoms with Crippen LogP contribution in [0.3, 0.4) is 0 Å².